The van der Waals surface area contributed by atoms with Crippen LogP contribution in [-0.2, 0) is 21.2 Å². The SMILES string of the molecule is O=C(c1cc2ccccc2[nH]1)N1CC2(C1)[C@H](COCc1cccnc1)CCS2(=O)=O. The Balaban J connectivity index is 1.27. The zero-order valence-corrected chi connectivity index (χ0v) is 17.3. The summed E-state index contributed by atoms with van der Waals surface area (Å²) in [6, 6.07) is 13.3. The lowest BCUT2D eigenvalue weighted by atomic mass is 9.83. The van der Waals surface area contributed by atoms with Crippen molar-refractivity contribution in [3.63, 3.8) is 0 Å². The first-order valence-corrected chi connectivity index (χ1v) is 11.7. The van der Waals surface area contributed by atoms with Crippen LogP contribution >= 0.6 is 0 Å². The molecule has 7 nitrogen and oxygen atoms in total. The maximum absolute atomic E-state index is 12.9. The summed E-state index contributed by atoms with van der Waals surface area (Å²) in [5, 5.41) is 0.964. The molecule has 0 bridgehead atoms. The van der Waals surface area contributed by atoms with Crippen molar-refractivity contribution in [2.45, 2.75) is 17.8 Å². The fourth-order valence-electron chi connectivity index (χ4n) is 4.61. The number of benzene rings is 1. The Kier molecular flexibility index (Phi) is 4.63. The number of H-pyrrole nitrogens is 1. The van der Waals surface area contributed by atoms with Gasteiger partial charge in [-0.1, -0.05) is 24.3 Å². The van der Waals surface area contributed by atoms with Crippen LogP contribution < -0.4 is 0 Å². The van der Waals surface area contributed by atoms with Crippen molar-refractivity contribution in [1.29, 1.82) is 0 Å². The van der Waals surface area contributed by atoms with E-state index in [1.165, 1.54) is 0 Å². The molecule has 2 fully saturated rings. The first-order valence-electron chi connectivity index (χ1n) is 10.0. The van der Waals surface area contributed by atoms with E-state index in [1.807, 2.05) is 42.5 Å². The first kappa shape index (κ1) is 19.3. The molecule has 0 aliphatic carbocycles. The molecule has 3 aromatic rings. The molecule has 156 valence electrons. The lowest BCUT2D eigenvalue weighted by Crippen LogP contribution is -2.68. The average molecular weight is 426 g/mol. The Morgan fingerprint density at radius 3 is 2.83 bits per heavy atom. The molecule has 0 saturated carbocycles. The second-order valence-electron chi connectivity index (χ2n) is 8.18. The molecule has 1 spiro atoms. The van der Waals surface area contributed by atoms with E-state index in [1.54, 1.807) is 17.3 Å². The van der Waals surface area contributed by atoms with E-state index in [-0.39, 0.29) is 30.7 Å². The molecule has 4 heterocycles. The summed E-state index contributed by atoms with van der Waals surface area (Å²) in [6.45, 7) is 1.22. The molecule has 1 amide bonds. The van der Waals surface area contributed by atoms with E-state index in [9.17, 15) is 13.2 Å². The van der Waals surface area contributed by atoms with Gasteiger partial charge in [0.1, 0.15) is 10.4 Å². The van der Waals surface area contributed by atoms with Crippen molar-refractivity contribution < 1.29 is 17.9 Å². The number of rotatable bonds is 5. The summed E-state index contributed by atoms with van der Waals surface area (Å²) < 4.78 is 30.6. The number of sulfone groups is 1. The number of aromatic nitrogens is 2. The van der Waals surface area contributed by atoms with Gasteiger partial charge in [0, 0.05) is 42.3 Å². The van der Waals surface area contributed by atoms with Crippen molar-refractivity contribution in [2.24, 2.45) is 5.92 Å². The van der Waals surface area contributed by atoms with E-state index in [4.69, 9.17) is 4.74 Å². The third kappa shape index (κ3) is 3.11. The van der Waals surface area contributed by atoms with Crippen LogP contribution in [0.4, 0.5) is 0 Å². The molecule has 0 radical (unpaired) electrons. The van der Waals surface area contributed by atoms with Crippen LogP contribution in [0.2, 0.25) is 0 Å². The summed E-state index contributed by atoms with van der Waals surface area (Å²) in [5.74, 6) is -0.109. The van der Waals surface area contributed by atoms with Crippen LogP contribution in [0.15, 0.2) is 54.9 Å². The molecular formula is C22H23N3O4S. The maximum Gasteiger partial charge on any atom is 0.270 e. The van der Waals surface area contributed by atoms with Gasteiger partial charge in [0.25, 0.3) is 5.91 Å². The Labute approximate surface area is 175 Å². The highest BCUT2D eigenvalue weighted by Crippen LogP contribution is 2.45. The topological polar surface area (TPSA) is 92.4 Å². The van der Waals surface area contributed by atoms with Crippen LogP contribution in [0.25, 0.3) is 10.9 Å². The fourth-order valence-corrected chi connectivity index (χ4v) is 7.01. The third-order valence-corrected chi connectivity index (χ3v) is 8.98. The Bertz CT molecular complexity index is 1150. The Morgan fingerprint density at radius 1 is 1.23 bits per heavy atom. The lowest BCUT2D eigenvalue weighted by Gasteiger charge is -2.49. The number of hydrogen-bond acceptors (Lipinski definition) is 5. The molecule has 2 aliphatic heterocycles. The summed E-state index contributed by atoms with van der Waals surface area (Å²) >= 11 is 0. The molecule has 1 N–H and O–H groups in total. The molecule has 2 aromatic heterocycles. The van der Waals surface area contributed by atoms with E-state index in [2.05, 4.69) is 9.97 Å². The van der Waals surface area contributed by atoms with Crippen LogP contribution in [0.5, 0.6) is 0 Å². The normalized spacial score (nSPS) is 21.7. The van der Waals surface area contributed by atoms with Gasteiger partial charge >= 0.3 is 0 Å². The number of ether oxygens (including phenoxy) is 1. The molecule has 1 atom stereocenters. The second kappa shape index (κ2) is 7.21. The van der Waals surface area contributed by atoms with Gasteiger partial charge in [-0.2, -0.15) is 0 Å². The summed E-state index contributed by atoms with van der Waals surface area (Å²) in [6.07, 6.45) is 4.02. The zero-order valence-electron chi connectivity index (χ0n) is 16.5. The highest BCUT2D eigenvalue weighted by atomic mass is 32.2. The minimum absolute atomic E-state index is 0.106. The number of amides is 1. The molecular weight excluding hydrogens is 402 g/mol. The van der Waals surface area contributed by atoms with Crippen molar-refractivity contribution in [1.82, 2.24) is 14.9 Å². The molecule has 2 saturated heterocycles. The monoisotopic (exact) mass is 425 g/mol. The molecule has 2 aliphatic rings. The van der Waals surface area contributed by atoms with Crippen LogP contribution in [-0.4, -0.2) is 59.4 Å². The molecule has 8 heteroatoms. The summed E-state index contributed by atoms with van der Waals surface area (Å²) in [5.41, 5.74) is 2.34. The maximum atomic E-state index is 12.9. The second-order valence-corrected chi connectivity index (χ2v) is 10.6. The highest BCUT2D eigenvalue weighted by Gasteiger charge is 2.62. The number of fused-ring (bicyclic) bond motifs is 1. The number of pyridine rings is 1. The van der Waals surface area contributed by atoms with Gasteiger partial charge in [-0.3, -0.25) is 9.78 Å². The van der Waals surface area contributed by atoms with Crippen molar-refractivity contribution in [3.8, 4) is 0 Å². The largest absolute Gasteiger partial charge is 0.376 e. The van der Waals surface area contributed by atoms with E-state index >= 15 is 0 Å². The quantitative estimate of drug-likeness (QED) is 0.678. The van der Waals surface area contributed by atoms with E-state index in [0.29, 0.717) is 25.3 Å². The first-order chi connectivity index (χ1) is 14.5. The summed E-state index contributed by atoms with van der Waals surface area (Å²) in [7, 11) is -3.26. The van der Waals surface area contributed by atoms with Gasteiger partial charge in [0.15, 0.2) is 9.84 Å². The Morgan fingerprint density at radius 2 is 2.07 bits per heavy atom. The minimum Gasteiger partial charge on any atom is -0.376 e. The molecule has 30 heavy (non-hydrogen) atoms. The van der Waals surface area contributed by atoms with Crippen LogP contribution in [0, 0.1) is 5.92 Å². The fraction of sp³-hybridized carbons (Fsp3) is 0.364. The number of likely N-dealkylation sites (tertiary alicyclic amines) is 1. The lowest BCUT2D eigenvalue weighted by molar-refractivity contribution is 0.0207. The number of nitrogens with zero attached hydrogens (tertiary/aromatic N) is 2. The van der Waals surface area contributed by atoms with Crippen molar-refractivity contribution in [2.75, 3.05) is 25.4 Å². The third-order valence-electron chi connectivity index (χ3n) is 6.37. The Hall–Kier alpha value is -2.71. The van der Waals surface area contributed by atoms with Gasteiger partial charge in [0.05, 0.1) is 19.0 Å². The van der Waals surface area contributed by atoms with Gasteiger partial charge in [0.2, 0.25) is 0 Å². The molecule has 1 aromatic carbocycles. The number of para-hydroxylation sites is 1. The van der Waals surface area contributed by atoms with Gasteiger partial charge < -0.3 is 14.6 Å². The zero-order chi connectivity index (χ0) is 20.8. The standard InChI is InChI=1S/C22H23N3O4S/c26-21(20-10-17-5-1-2-6-19(17)24-20)25-14-22(15-25)18(7-9-30(22,27)28)13-29-12-16-4-3-8-23-11-16/h1-6,8,10-11,18,24H,7,9,12-15H2/t18-/m0/s1. The number of hydrogen-bond donors (Lipinski definition) is 1. The number of aromatic amines is 1. The predicted octanol–water partition coefficient (Wildman–Crippen LogP) is 2.41. The predicted molar refractivity (Wildman–Crippen MR) is 113 cm³/mol. The van der Waals surface area contributed by atoms with E-state index in [0.717, 1.165) is 16.5 Å². The number of carbonyl (C=O) groups excluding carboxylic acids is 1. The molecule has 5 rings (SSSR count). The smallest absolute Gasteiger partial charge is 0.270 e. The number of nitrogens with one attached hydrogen (secondary N) is 1. The van der Waals surface area contributed by atoms with Crippen molar-refractivity contribution in [3.05, 3.63) is 66.1 Å². The van der Waals surface area contributed by atoms with Crippen LogP contribution in [0.3, 0.4) is 0 Å². The van der Waals surface area contributed by atoms with Crippen molar-refractivity contribution >= 4 is 26.6 Å². The van der Waals surface area contributed by atoms with Gasteiger partial charge in [-0.25, -0.2) is 8.42 Å². The van der Waals surface area contributed by atoms with Gasteiger partial charge in [-0.05, 0) is 30.2 Å². The highest BCUT2D eigenvalue weighted by molar-refractivity contribution is 7.93. The minimum atomic E-state index is -3.26. The van der Waals surface area contributed by atoms with Gasteiger partial charge in [-0.15, -0.1) is 0 Å². The average Bonchev–Trinajstić information content (AvgIpc) is 3.26. The number of carbonyl (C=O) groups is 1. The molecule has 0 unspecified atom stereocenters. The van der Waals surface area contributed by atoms with Crippen LogP contribution in [0.1, 0.15) is 22.5 Å². The summed E-state index contributed by atoms with van der Waals surface area (Å²) in [4.78, 5) is 21.7. The van der Waals surface area contributed by atoms with E-state index < -0.39 is 14.6 Å².